The molecular formula is C21H24N4O4. The third-order valence-corrected chi connectivity index (χ3v) is 6.56. The van der Waals surface area contributed by atoms with Gasteiger partial charge >= 0.3 is 0 Å². The Labute approximate surface area is 168 Å². The summed E-state index contributed by atoms with van der Waals surface area (Å²) in [5.41, 5.74) is 1.60. The lowest BCUT2D eigenvalue weighted by molar-refractivity contribution is -0.136. The second-order valence-electron chi connectivity index (χ2n) is 8.37. The van der Waals surface area contributed by atoms with Crippen LogP contribution in [0.1, 0.15) is 58.4 Å². The first-order valence-corrected chi connectivity index (χ1v) is 10.4. The average molecular weight is 396 g/mol. The van der Waals surface area contributed by atoms with Crippen LogP contribution in [0.25, 0.3) is 0 Å². The van der Waals surface area contributed by atoms with Crippen LogP contribution in [0.4, 0.5) is 0 Å². The van der Waals surface area contributed by atoms with Gasteiger partial charge in [-0.25, -0.2) is 0 Å². The number of carbonyl (C=O) groups is 4. The molecule has 3 heterocycles. The van der Waals surface area contributed by atoms with Crippen molar-refractivity contribution in [3.05, 3.63) is 34.9 Å². The molecule has 4 atom stereocenters. The van der Waals surface area contributed by atoms with E-state index in [2.05, 4.69) is 16.0 Å². The van der Waals surface area contributed by atoms with Gasteiger partial charge in [-0.05, 0) is 49.4 Å². The molecule has 4 amide bonds. The smallest absolute Gasteiger partial charge is 0.262 e. The number of piperidine rings is 1. The zero-order valence-electron chi connectivity index (χ0n) is 16.1. The zero-order valence-corrected chi connectivity index (χ0v) is 16.1. The number of fused-ring (bicyclic) bond motifs is 2. The fourth-order valence-corrected chi connectivity index (χ4v) is 4.93. The van der Waals surface area contributed by atoms with Gasteiger partial charge < -0.3 is 10.6 Å². The number of benzene rings is 1. The number of rotatable bonds is 4. The summed E-state index contributed by atoms with van der Waals surface area (Å²) in [4.78, 5) is 50.1. The largest absolute Gasteiger partial charge is 0.312 e. The van der Waals surface area contributed by atoms with Crippen LogP contribution < -0.4 is 16.0 Å². The maximum atomic E-state index is 12.9. The van der Waals surface area contributed by atoms with Crippen LogP contribution >= 0.6 is 0 Å². The highest BCUT2D eigenvalue weighted by atomic mass is 16.2. The predicted octanol–water partition coefficient (Wildman–Crippen LogP) is 0.318. The highest BCUT2D eigenvalue weighted by Gasteiger charge is 2.49. The minimum absolute atomic E-state index is 0.122. The Morgan fingerprint density at radius 1 is 1.03 bits per heavy atom. The Morgan fingerprint density at radius 2 is 1.86 bits per heavy atom. The van der Waals surface area contributed by atoms with Crippen molar-refractivity contribution in [2.75, 3.05) is 6.54 Å². The molecule has 29 heavy (non-hydrogen) atoms. The lowest BCUT2D eigenvalue weighted by atomic mass is 10.0. The van der Waals surface area contributed by atoms with E-state index in [0.717, 1.165) is 17.0 Å². The molecule has 1 aromatic rings. The lowest BCUT2D eigenvalue weighted by Gasteiger charge is -2.27. The molecule has 8 nitrogen and oxygen atoms in total. The van der Waals surface area contributed by atoms with Crippen LogP contribution in [0, 0.1) is 5.92 Å². The van der Waals surface area contributed by atoms with Gasteiger partial charge in [0.1, 0.15) is 6.04 Å². The van der Waals surface area contributed by atoms with E-state index in [0.29, 0.717) is 35.7 Å². The second-order valence-corrected chi connectivity index (χ2v) is 8.37. The van der Waals surface area contributed by atoms with E-state index in [1.165, 1.54) is 19.3 Å². The van der Waals surface area contributed by atoms with Gasteiger partial charge in [0.2, 0.25) is 11.8 Å². The molecule has 152 valence electrons. The molecular weight excluding hydrogens is 372 g/mol. The van der Waals surface area contributed by atoms with E-state index in [1.807, 2.05) is 6.07 Å². The van der Waals surface area contributed by atoms with E-state index in [9.17, 15) is 19.2 Å². The molecule has 0 radical (unpaired) electrons. The summed E-state index contributed by atoms with van der Waals surface area (Å²) >= 11 is 0. The van der Waals surface area contributed by atoms with E-state index in [1.54, 1.807) is 12.1 Å². The number of amides is 4. The first-order chi connectivity index (χ1) is 14.0. The van der Waals surface area contributed by atoms with E-state index in [-0.39, 0.29) is 18.7 Å². The Bertz CT molecular complexity index is 902. The van der Waals surface area contributed by atoms with E-state index < -0.39 is 23.8 Å². The number of carbonyl (C=O) groups excluding carboxylic acids is 4. The quantitative estimate of drug-likeness (QED) is 0.633. The van der Waals surface area contributed by atoms with Crippen molar-refractivity contribution in [3.8, 4) is 0 Å². The summed E-state index contributed by atoms with van der Waals surface area (Å²) in [7, 11) is 0. The third kappa shape index (κ3) is 3.16. The van der Waals surface area contributed by atoms with Crippen LogP contribution in [0.5, 0.6) is 0 Å². The van der Waals surface area contributed by atoms with Crippen LogP contribution in [-0.2, 0) is 16.1 Å². The van der Waals surface area contributed by atoms with Crippen LogP contribution in [0.2, 0.25) is 0 Å². The molecule has 4 aliphatic rings. The molecule has 0 bridgehead atoms. The predicted molar refractivity (Wildman–Crippen MR) is 103 cm³/mol. The highest BCUT2D eigenvalue weighted by molar-refractivity contribution is 6.23. The standard InChI is InChI=1S/C21H24N4O4/c26-16-7-6-15(19(27)24-16)25-20(28)12-5-4-11(9-14(12)21(25)29)10-23-18-13-3-1-2-8-22-17(13)18/h4-5,9,13,15,17-18,22-23H,1-3,6-8,10H2,(H,24,26,27). The van der Waals surface area contributed by atoms with Gasteiger partial charge in [0.25, 0.3) is 11.8 Å². The normalized spacial score (nSPS) is 31.2. The van der Waals surface area contributed by atoms with Crippen molar-refractivity contribution >= 4 is 23.6 Å². The number of imide groups is 2. The summed E-state index contributed by atoms with van der Waals surface area (Å²) in [5.74, 6) is -1.20. The maximum absolute atomic E-state index is 12.9. The maximum Gasteiger partial charge on any atom is 0.262 e. The molecule has 3 N–H and O–H groups in total. The molecule has 1 saturated carbocycles. The fourth-order valence-electron chi connectivity index (χ4n) is 4.93. The van der Waals surface area contributed by atoms with Crippen LogP contribution in [-0.4, -0.2) is 53.2 Å². The minimum atomic E-state index is -0.925. The summed E-state index contributed by atoms with van der Waals surface area (Å²) in [5, 5.41) is 9.37. The molecule has 8 heteroatoms. The number of nitrogens with one attached hydrogen (secondary N) is 3. The topological polar surface area (TPSA) is 108 Å². The Hall–Kier alpha value is -2.58. The SMILES string of the molecule is O=C1CCC(N2C(=O)c3ccc(CNC4C5CCCCNC54)cc3C2=O)C(=O)N1. The summed E-state index contributed by atoms with van der Waals surface area (Å²) in [6.07, 6.45) is 4.04. The van der Waals surface area contributed by atoms with Gasteiger partial charge in [0.05, 0.1) is 11.1 Å². The number of hydrogen-bond donors (Lipinski definition) is 3. The second kappa shape index (κ2) is 7.03. The van der Waals surface area contributed by atoms with E-state index in [4.69, 9.17) is 0 Å². The monoisotopic (exact) mass is 396 g/mol. The highest BCUT2D eigenvalue weighted by Crippen LogP contribution is 2.38. The molecule has 3 fully saturated rings. The van der Waals surface area contributed by atoms with Crippen molar-refractivity contribution < 1.29 is 19.2 Å². The van der Waals surface area contributed by atoms with Gasteiger partial charge in [-0.3, -0.25) is 29.4 Å². The fraction of sp³-hybridized carbons (Fsp3) is 0.524. The van der Waals surface area contributed by atoms with Crippen molar-refractivity contribution in [2.24, 2.45) is 5.92 Å². The molecule has 1 aliphatic carbocycles. The van der Waals surface area contributed by atoms with Crippen molar-refractivity contribution in [3.63, 3.8) is 0 Å². The van der Waals surface area contributed by atoms with E-state index >= 15 is 0 Å². The lowest BCUT2D eigenvalue weighted by Crippen LogP contribution is -2.54. The Kier molecular flexibility index (Phi) is 4.48. The molecule has 5 rings (SSSR count). The first kappa shape index (κ1) is 18.4. The van der Waals surface area contributed by atoms with Gasteiger partial charge in [-0.15, -0.1) is 0 Å². The van der Waals surface area contributed by atoms with Gasteiger partial charge in [-0.2, -0.15) is 0 Å². The Morgan fingerprint density at radius 3 is 2.69 bits per heavy atom. The van der Waals surface area contributed by atoms with Crippen molar-refractivity contribution in [1.82, 2.24) is 20.9 Å². The minimum Gasteiger partial charge on any atom is -0.312 e. The summed E-state index contributed by atoms with van der Waals surface area (Å²) in [6, 6.07) is 5.35. The summed E-state index contributed by atoms with van der Waals surface area (Å²) < 4.78 is 0. The van der Waals surface area contributed by atoms with Crippen molar-refractivity contribution in [2.45, 2.75) is 56.8 Å². The molecule has 2 saturated heterocycles. The van der Waals surface area contributed by atoms with Crippen LogP contribution in [0.3, 0.4) is 0 Å². The average Bonchev–Trinajstić information content (AvgIpc) is 3.37. The molecule has 0 spiro atoms. The van der Waals surface area contributed by atoms with Gasteiger partial charge in [-0.1, -0.05) is 12.5 Å². The third-order valence-electron chi connectivity index (χ3n) is 6.56. The summed E-state index contributed by atoms with van der Waals surface area (Å²) in [6.45, 7) is 1.71. The molecule has 0 aromatic heterocycles. The Balaban J connectivity index is 1.28. The van der Waals surface area contributed by atoms with Crippen LogP contribution in [0.15, 0.2) is 18.2 Å². The zero-order chi connectivity index (χ0) is 20.1. The van der Waals surface area contributed by atoms with Gasteiger partial charge in [0, 0.05) is 25.0 Å². The van der Waals surface area contributed by atoms with Gasteiger partial charge in [0.15, 0.2) is 0 Å². The first-order valence-electron chi connectivity index (χ1n) is 10.4. The number of nitrogens with zero attached hydrogens (tertiary/aromatic N) is 1. The van der Waals surface area contributed by atoms with Crippen molar-refractivity contribution in [1.29, 1.82) is 0 Å². The number of hydrogen-bond acceptors (Lipinski definition) is 6. The molecule has 4 unspecified atom stereocenters. The molecule has 1 aromatic carbocycles. The molecule has 3 aliphatic heterocycles.